The lowest BCUT2D eigenvalue weighted by Crippen LogP contribution is -2.40. The molecule has 4 rings (SSSR count). The van der Waals surface area contributed by atoms with Crippen LogP contribution in [0.1, 0.15) is 13.8 Å². The molecular weight excluding hydrogens is 416 g/mol. The van der Waals surface area contributed by atoms with Gasteiger partial charge in [0.05, 0.1) is 15.9 Å². The van der Waals surface area contributed by atoms with Crippen LogP contribution in [0.25, 0.3) is 10.2 Å². The lowest BCUT2D eigenvalue weighted by atomic mass is 10.1. The Labute approximate surface area is 182 Å². The molecule has 4 N–H and O–H groups in total. The van der Waals surface area contributed by atoms with Crippen LogP contribution in [-0.2, 0) is 4.79 Å². The van der Waals surface area contributed by atoms with Gasteiger partial charge < -0.3 is 21.3 Å². The summed E-state index contributed by atoms with van der Waals surface area (Å²) in [4.78, 5) is 42.4. The Morgan fingerprint density at radius 3 is 2.68 bits per heavy atom. The van der Waals surface area contributed by atoms with Crippen LogP contribution in [0.5, 0.6) is 0 Å². The number of thiazole rings is 1. The minimum atomic E-state index is -0.964. The van der Waals surface area contributed by atoms with Gasteiger partial charge in [-0.2, -0.15) is 0 Å². The van der Waals surface area contributed by atoms with Gasteiger partial charge in [-0.25, -0.2) is 19.5 Å². The zero-order chi connectivity index (χ0) is 22.0. The van der Waals surface area contributed by atoms with Crippen LogP contribution in [0.2, 0.25) is 0 Å². The lowest BCUT2D eigenvalue weighted by Gasteiger charge is -2.17. The standard InChI is InChI=1S/C21H22N6O3S/c1-21(2)17(28)27(20(30)26-21)14-7-5-6-13(12-14)24-18(29)22-10-11-23-19-25-15-8-3-4-9-16(15)31-19/h3-9,12H,10-11H2,1-2H3,(H,23,25)(H,26,30)(H2,22,24,29). The summed E-state index contributed by atoms with van der Waals surface area (Å²) in [5.41, 5.74) is 0.839. The molecule has 1 fully saturated rings. The molecule has 160 valence electrons. The van der Waals surface area contributed by atoms with Gasteiger partial charge in [-0.1, -0.05) is 29.5 Å². The molecule has 2 heterocycles. The maximum Gasteiger partial charge on any atom is 0.329 e. The van der Waals surface area contributed by atoms with E-state index in [0.29, 0.717) is 24.5 Å². The average molecular weight is 439 g/mol. The Morgan fingerprint density at radius 2 is 1.94 bits per heavy atom. The summed E-state index contributed by atoms with van der Waals surface area (Å²) >= 11 is 1.56. The molecule has 9 nitrogen and oxygen atoms in total. The molecule has 5 amide bonds. The van der Waals surface area contributed by atoms with Gasteiger partial charge in [-0.15, -0.1) is 0 Å². The second-order valence-corrected chi connectivity index (χ2v) is 8.57. The molecule has 0 unspecified atom stereocenters. The molecule has 0 atom stereocenters. The molecule has 0 bridgehead atoms. The van der Waals surface area contributed by atoms with Crippen molar-refractivity contribution < 1.29 is 14.4 Å². The fourth-order valence-electron chi connectivity index (χ4n) is 3.17. The Hall–Kier alpha value is -3.66. The Bertz CT molecular complexity index is 1130. The second kappa shape index (κ2) is 8.23. The summed E-state index contributed by atoms with van der Waals surface area (Å²) < 4.78 is 1.10. The van der Waals surface area contributed by atoms with Crippen molar-refractivity contribution in [2.45, 2.75) is 19.4 Å². The minimum Gasteiger partial charge on any atom is -0.360 e. The zero-order valence-corrected chi connectivity index (χ0v) is 17.9. The largest absolute Gasteiger partial charge is 0.360 e. The molecule has 1 aromatic heterocycles. The highest BCUT2D eigenvalue weighted by atomic mass is 32.1. The summed E-state index contributed by atoms with van der Waals surface area (Å²) in [7, 11) is 0. The van der Waals surface area contributed by atoms with E-state index in [1.165, 1.54) is 0 Å². The number of carbonyl (C=O) groups excluding carboxylic acids is 3. The molecule has 31 heavy (non-hydrogen) atoms. The van der Waals surface area contributed by atoms with Crippen molar-refractivity contribution in [2.24, 2.45) is 0 Å². The fraction of sp³-hybridized carbons (Fsp3) is 0.238. The minimum absolute atomic E-state index is 0.347. The van der Waals surface area contributed by atoms with Crippen LogP contribution >= 0.6 is 11.3 Å². The third kappa shape index (κ3) is 4.43. The topological polar surface area (TPSA) is 115 Å². The van der Waals surface area contributed by atoms with Gasteiger partial charge >= 0.3 is 12.1 Å². The maximum atomic E-state index is 12.5. The molecular formula is C21H22N6O3S. The van der Waals surface area contributed by atoms with Crippen molar-refractivity contribution in [3.63, 3.8) is 0 Å². The molecule has 0 spiro atoms. The molecule has 2 aromatic carbocycles. The third-order valence-corrected chi connectivity index (χ3v) is 5.70. The number of aromatic nitrogens is 1. The number of rotatable bonds is 6. The predicted octanol–water partition coefficient (Wildman–Crippen LogP) is 3.36. The third-order valence-electron chi connectivity index (χ3n) is 4.70. The first-order chi connectivity index (χ1) is 14.8. The summed E-state index contributed by atoms with van der Waals surface area (Å²) in [6, 6.07) is 13.6. The Balaban J connectivity index is 1.29. The smallest absolute Gasteiger partial charge is 0.329 e. The van der Waals surface area contributed by atoms with E-state index in [1.807, 2.05) is 24.3 Å². The first kappa shape index (κ1) is 20.6. The summed E-state index contributed by atoms with van der Waals surface area (Å²) in [5.74, 6) is -0.347. The SMILES string of the molecule is CC1(C)NC(=O)N(c2cccc(NC(=O)NCCNc3nc4ccccc4s3)c2)C1=O. The van der Waals surface area contributed by atoms with Crippen molar-refractivity contribution in [2.75, 3.05) is 28.6 Å². The lowest BCUT2D eigenvalue weighted by molar-refractivity contribution is -0.121. The van der Waals surface area contributed by atoms with Gasteiger partial charge in [0.1, 0.15) is 5.54 Å². The number of benzene rings is 2. The zero-order valence-electron chi connectivity index (χ0n) is 17.1. The quantitative estimate of drug-likeness (QED) is 0.348. The molecule has 0 saturated carbocycles. The van der Waals surface area contributed by atoms with Crippen molar-refractivity contribution in [1.29, 1.82) is 0 Å². The van der Waals surface area contributed by atoms with E-state index in [-0.39, 0.29) is 11.9 Å². The highest BCUT2D eigenvalue weighted by Crippen LogP contribution is 2.27. The molecule has 3 aromatic rings. The van der Waals surface area contributed by atoms with Gasteiger partial charge in [0.15, 0.2) is 5.13 Å². The molecule has 0 radical (unpaired) electrons. The van der Waals surface area contributed by atoms with Crippen LogP contribution < -0.4 is 26.2 Å². The van der Waals surface area contributed by atoms with Gasteiger partial charge in [0.25, 0.3) is 5.91 Å². The van der Waals surface area contributed by atoms with Crippen LogP contribution in [-0.4, -0.2) is 41.6 Å². The number of hydrogen-bond acceptors (Lipinski definition) is 6. The van der Waals surface area contributed by atoms with E-state index in [0.717, 1.165) is 20.2 Å². The highest BCUT2D eigenvalue weighted by molar-refractivity contribution is 7.22. The van der Waals surface area contributed by atoms with Crippen LogP contribution in [0.15, 0.2) is 48.5 Å². The number of para-hydroxylation sites is 1. The normalized spacial score (nSPS) is 15.1. The van der Waals surface area contributed by atoms with Gasteiger partial charge in [-0.05, 0) is 44.2 Å². The predicted molar refractivity (Wildman–Crippen MR) is 122 cm³/mol. The molecule has 1 saturated heterocycles. The number of amides is 5. The van der Waals surface area contributed by atoms with E-state index in [9.17, 15) is 14.4 Å². The van der Waals surface area contributed by atoms with E-state index < -0.39 is 11.6 Å². The average Bonchev–Trinajstić information content (AvgIpc) is 3.22. The van der Waals surface area contributed by atoms with Gasteiger partial charge in [0, 0.05) is 18.8 Å². The summed E-state index contributed by atoms with van der Waals surface area (Å²) in [6.45, 7) is 4.20. The number of nitrogens with one attached hydrogen (secondary N) is 4. The number of anilines is 3. The van der Waals surface area contributed by atoms with Crippen molar-refractivity contribution in [3.8, 4) is 0 Å². The fourth-order valence-corrected chi connectivity index (χ4v) is 4.07. The monoisotopic (exact) mass is 438 g/mol. The van der Waals surface area contributed by atoms with Crippen LogP contribution in [0.3, 0.4) is 0 Å². The number of urea groups is 2. The summed E-state index contributed by atoms with van der Waals surface area (Å²) in [6.07, 6.45) is 0. The number of fused-ring (bicyclic) bond motifs is 1. The maximum absolute atomic E-state index is 12.5. The van der Waals surface area contributed by atoms with E-state index in [4.69, 9.17) is 0 Å². The van der Waals surface area contributed by atoms with Crippen LogP contribution in [0.4, 0.5) is 26.1 Å². The number of imide groups is 1. The molecule has 1 aliphatic heterocycles. The van der Waals surface area contributed by atoms with Crippen molar-refractivity contribution in [1.82, 2.24) is 15.6 Å². The van der Waals surface area contributed by atoms with Crippen molar-refractivity contribution in [3.05, 3.63) is 48.5 Å². The van der Waals surface area contributed by atoms with E-state index >= 15 is 0 Å². The first-order valence-corrected chi connectivity index (χ1v) is 10.6. The second-order valence-electron chi connectivity index (χ2n) is 7.54. The highest BCUT2D eigenvalue weighted by Gasteiger charge is 2.45. The molecule has 10 heteroatoms. The van der Waals surface area contributed by atoms with Gasteiger partial charge in [-0.3, -0.25) is 4.79 Å². The Kier molecular flexibility index (Phi) is 5.47. The van der Waals surface area contributed by atoms with E-state index in [2.05, 4.69) is 26.3 Å². The summed E-state index contributed by atoms with van der Waals surface area (Å²) in [5, 5.41) is 12.1. The number of carbonyl (C=O) groups is 3. The number of hydrogen-bond donors (Lipinski definition) is 4. The molecule has 0 aliphatic carbocycles. The van der Waals surface area contributed by atoms with Gasteiger partial charge in [0.2, 0.25) is 0 Å². The van der Waals surface area contributed by atoms with Crippen LogP contribution in [0, 0.1) is 0 Å². The first-order valence-electron chi connectivity index (χ1n) is 9.74. The number of nitrogens with zero attached hydrogens (tertiary/aromatic N) is 2. The van der Waals surface area contributed by atoms with Crippen molar-refractivity contribution >= 4 is 56.0 Å². The van der Waals surface area contributed by atoms with E-state index in [1.54, 1.807) is 49.4 Å². The molecule has 1 aliphatic rings. The Morgan fingerprint density at radius 1 is 1.13 bits per heavy atom.